The van der Waals surface area contributed by atoms with E-state index in [1.54, 1.807) is 6.20 Å². The van der Waals surface area contributed by atoms with Crippen molar-refractivity contribution in [2.75, 3.05) is 31.1 Å². The Balaban J connectivity index is 1.54. The van der Waals surface area contributed by atoms with Crippen LogP contribution in [0.25, 0.3) is 5.52 Å². The van der Waals surface area contributed by atoms with E-state index in [1.165, 1.54) is 0 Å². The number of nitrogens with zero attached hydrogens (tertiary/aromatic N) is 5. The molecular formula is C19H22N6O. The van der Waals surface area contributed by atoms with Gasteiger partial charge in [0.1, 0.15) is 11.6 Å². The summed E-state index contributed by atoms with van der Waals surface area (Å²) in [7, 11) is 0. The van der Waals surface area contributed by atoms with E-state index in [0.717, 1.165) is 48.8 Å². The van der Waals surface area contributed by atoms with Crippen molar-refractivity contribution in [3.63, 3.8) is 0 Å². The summed E-state index contributed by atoms with van der Waals surface area (Å²) in [5.74, 6) is 0.624. The number of aryl methyl sites for hydroxylation is 1. The van der Waals surface area contributed by atoms with Gasteiger partial charge in [-0.2, -0.15) is 5.10 Å². The maximum Gasteiger partial charge on any atom is 0.239 e. The number of nitrogens with two attached hydrogens (primary N) is 1. The molecule has 2 N–H and O–H groups in total. The molecule has 3 heterocycles. The minimum Gasteiger partial charge on any atom is -0.368 e. The predicted octanol–water partition coefficient (Wildman–Crippen LogP) is 1.39. The Kier molecular flexibility index (Phi) is 4.30. The van der Waals surface area contributed by atoms with Gasteiger partial charge in [0.2, 0.25) is 5.91 Å². The fourth-order valence-corrected chi connectivity index (χ4v) is 3.66. The minimum absolute atomic E-state index is 0.309. The lowest BCUT2D eigenvalue weighted by Gasteiger charge is -2.38. The molecule has 7 heteroatoms. The van der Waals surface area contributed by atoms with Crippen LogP contribution in [0.2, 0.25) is 0 Å². The summed E-state index contributed by atoms with van der Waals surface area (Å²) in [4.78, 5) is 21.0. The van der Waals surface area contributed by atoms with Crippen molar-refractivity contribution in [2.24, 2.45) is 5.73 Å². The fraction of sp³-hybridized carbons (Fsp3) is 0.316. The van der Waals surface area contributed by atoms with Crippen LogP contribution < -0.4 is 10.6 Å². The molecule has 0 bridgehead atoms. The minimum atomic E-state index is -0.390. The number of rotatable bonds is 4. The Hall–Kier alpha value is -2.93. The van der Waals surface area contributed by atoms with Crippen molar-refractivity contribution >= 4 is 17.2 Å². The van der Waals surface area contributed by atoms with Gasteiger partial charge in [0.05, 0.1) is 5.69 Å². The van der Waals surface area contributed by atoms with Gasteiger partial charge in [-0.15, -0.1) is 0 Å². The van der Waals surface area contributed by atoms with Crippen molar-refractivity contribution in [2.45, 2.75) is 13.0 Å². The average Bonchev–Trinajstić information content (AvgIpc) is 3.03. The topological polar surface area (TPSA) is 79.8 Å². The first-order chi connectivity index (χ1) is 12.6. The van der Waals surface area contributed by atoms with E-state index in [2.05, 4.69) is 19.9 Å². The van der Waals surface area contributed by atoms with Crippen LogP contribution in [0, 0.1) is 6.92 Å². The molecule has 1 amide bonds. The molecule has 4 rings (SSSR count). The number of benzene rings is 1. The van der Waals surface area contributed by atoms with Gasteiger partial charge in [0.25, 0.3) is 0 Å². The largest absolute Gasteiger partial charge is 0.368 e. The van der Waals surface area contributed by atoms with E-state index in [9.17, 15) is 4.79 Å². The number of hydrogen-bond acceptors (Lipinski definition) is 5. The molecule has 1 saturated heterocycles. The maximum absolute atomic E-state index is 12.1. The van der Waals surface area contributed by atoms with Crippen LogP contribution in [-0.2, 0) is 4.79 Å². The zero-order chi connectivity index (χ0) is 18.1. The Labute approximate surface area is 152 Å². The highest BCUT2D eigenvalue weighted by Gasteiger charge is 2.29. The Morgan fingerprint density at radius 1 is 1.15 bits per heavy atom. The van der Waals surface area contributed by atoms with Crippen molar-refractivity contribution in [1.82, 2.24) is 19.5 Å². The van der Waals surface area contributed by atoms with Crippen LogP contribution in [0.3, 0.4) is 0 Å². The second kappa shape index (κ2) is 6.76. The molecular weight excluding hydrogens is 328 g/mol. The molecule has 26 heavy (non-hydrogen) atoms. The molecule has 0 spiro atoms. The summed E-state index contributed by atoms with van der Waals surface area (Å²) in [6.07, 6.45) is 3.64. The van der Waals surface area contributed by atoms with Gasteiger partial charge in [0, 0.05) is 38.6 Å². The quantitative estimate of drug-likeness (QED) is 0.769. The highest BCUT2D eigenvalue weighted by molar-refractivity contribution is 5.81. The average molecular weight is 350 g/mol. The van der Waals surface area contributed by atoms with Crippen molar-refractivity contribution < 1.29 is 4.79 Å². The number of primary amides is 1. The van der Waals surface area contributed by atoms with Gasteiger partial charge < -0.3 is 10.6 Å². The predicted molar refractivity (Wildman–Crippen MR) is 99.9 cm³/mol. The van der Waals surface area contributed by atoms with Crippen LogP contribution in [-0.4, -0.2) is 51.6 Å². The lowest BCUT2D eigenvalue weighted by atomic mass is 10.0. The summed E-state index contributed by atoms with van der Waals surface area (Å²) >= 11 is 0. The lowest BCUT2D eigenvalue weighted by molar-refractivity contribution is -0.123. The second-order valence-corrected chi connectivity index (χ2v) is 6.60. The number of amides is 1. The van der Waals surface area contributed by atoms with E-state index < -0.39 is 0 Å². The number of fused-ring (bicyclic) bond motifs is 1. The van der Waals surface area contributed by atoms with E-state index in [4.69, 9.17) is 5.73 Å². The van der Waals surface area contributed by atoms with Gasteiger partial charge in [-0.3, -0.25) is 9.69 Å². The molecule has 134 valence electrons. The first kappa shape index (κ1) is 16.5. The van der Waals surface area contributed by atoms with Crippen LogP contribution in [0.15, 0.2) is 48.8 Å². The van der Waals surface area contributed by atoms with Gasteiger partial charge in [-0.1, -0.05) is 30.3 Å². The Bertz CT molecular complexity index is 914. The summed E-state index contributed by atoms with van der Waals surface area (Å²) in [5.41, 5.74) is 8.62. The summed E-state index contributed by atoms with van der Waals surface area (Å²) in [6, 6.07) is 11.4. The third kappa shape index (κ3) is 3.01. The molecule has 7 nitrogen and oxygen atoms in total. The van der Waals surface area contributed by atoms with Crippen molar-refractivity contribution in [3.05, 3.63) is 60.0 Å². The SMILES string of the molecule is Cc1cc2c(N3CCN(C(C(N)=O)c4ccccc4)CC3)nccn2n1. The van der Waals surface area contributed by atoms with Crippen LogP contribution in [0.1, 0.15) is 17.3 Å². The molecule has 1 aliphatic rings. The third-order valence-electron chi connectivity index (χ3n) is 4.86. The first-order valence-electron chi connectivity index (χ1n) is 8.78. The van der Waals surface area contributed by atoms with Crippen molar-refractivity contribution in [3.8, 4) is 0 Å². The number of piperazine rings is 1. The standard InChI is InChI=1S/C19H22N6O/c1-14-13-16-19(21-7-8-25(16)22-14)24-11-9-23(10-12-24)17(18(20)26)15-5-3-2-4-6-15/h2-8,13,17H,9-12H2,1H3,(H2,20,26). The summed E-state index contributed by atoms with van der Waals surface area (Å²) in [5, 5.41) is 4.45. The highest BCUT2D eigenvalue weighted by Crippen LogP contribution is 2.25. The third-order valence-corrected chi connectivity index (χ3v) is 4.86. The smallest absolute Gasteiger partial charge is 0.239 e. The van der Waals surface area contributed by atoms with Gasteiger partial charge >= 0.3 is 0 Å². The molecule has 1 aliphatic heterocycles. The van der Waals surface area contributed by atoms with Crippen LogP contribution in [0.5, 0.6) is 0 Å². The molecule has 1 unspecified atom stereocenters. The van der Waals surface area contributed by atoms with Gasteiger partial charge in [-0.05, 0) is 18.6 Å². The highest BCUT2D eigenvalue weighted by atomic mass is 16.1. The zero-order valence-electron chi connectivity index (χ0n) is 14.7. The summed E-state index contributed by atoms with van der Waals surface area (Å²) in [6.45, 7) is 5.05. The van der Waals surface area contributed by atoms with Gasteiger partial charge in [-0.25, -0.2) is 9.50 Å². The van der Waals surface area contributed by atoms with E-state index in [-0.39, 0.29) is 11.9 Å². The Morgan fingerprint density at radius 2 is 1.88 bits per heavy atom. The molecule has 0 saturated carbocycles. The van der Waals surface area contributed by atoms with E-state index in [0.29, 0.717) is 0 Å². The number of aromatic nitrogens is 3. The molecule has 0 radical (unpaired) electrons. The first-order valence-corrected chi connectivity index (χ1v) is 8.78. The summed E-state index contributed by atoms with van der Waals surface area (Å²) < 4.78 is 1.86. The number of carbonyl (C=O) groups is 1. The van der Waals surface area contributed by atoms with E-state index in [1.807, 2.05) is 54.0 Å². The molecule has 3 aromatic rings. The van der Waals surface area contributed by atoms with Crippen molar-refractivity contribution in [1.29, 1.82) is 0 Å². The monoisotopic (exact) mass is 350 g/mol. The lowest BCUT2D eigenvalue weighted by Crippen LogP contribution is -2.50. The second-order valence-electron chi connectivity index (χ2n) is 6.60. The zero-order valence-corrected chi connectivity index (χ0v) is 14.7. The molecule has 2 aromatic heterocycles. The molecule has 0 aliphatic carbocycles. The molecule has 1 fully saturated rings. The normalized spacial score (nSPS) is 16.7. The van der Waals surface area contributed by atoms with Crippen LogP contribution >= 0.6 is 0 Å². The van der Waals surface area contributed by atoms with Gasteiger partial charge in [0.15, 0.2) is 5.82 Å². The number of hydrogen-bond donors (Lipinski definition) is 1. The maximum atomic E-state index is 12.1. The number of carbonyl (C=O) groups excluding carboxylic acids is 1. The Morgan fingerprint density at radius 3 is 2.58 bits per heavy atom. The fourth-order valence-electron chi connectivity index (χ4n) is 3.66. The molecule has 1 aromatic carbocycles. The van der Waals surface area contributed by atoms with E-state index >= 15 is 0 Å². The molecule has 1 atom stereocenters. The van der Waals surface area contributed by atoms with Crippen LogP contribution in [0.4, 0.5) is 5.82 Å². The number of anilines is 1.